The Morgan fingerprint density at radius 2 is 2.08 bits per heavy atom. The number of hydrogen-bond acceptors (Lipinski definition) is 5. The summed E-state index contributed by atoms with van der Waals surface area (Å²) in [7, 11) is 0. The van der Waals surface area contributed by atoms with Crippen LogP contribution in [0, 0.1) is 6.92 Å². The molecular formula is C18H19NO4S. The van der Waals surface area contributed by atoms with E-state index in [-0.39, 0.29) is 23.9 Å². The van der Waals surface area contributed by atoms with Crippen molar-refractivity contribution in [3.63, 3.8) is 0 Å². The van der Waals surface area contributed by atoms with E-state index in [2.05, 4.69) is 0 Å². The minimum atomic E-state index is -0.591. The number of thioether (sulfide) groups is 1. The Morgan fingerprint density at radius 1 is 1.29 bits per heavy atom. The van der Waals surface area contributed by atoms with Crippen molar-refractivity contribution >= 4 is 23.6 Å². The summed E-state index contributed by atoms with van der Waals surface area (Å²) in [5, 5.41) is -0.284. The molecule has 1 aliphatic heterocycles. The summed E-state index contributed by atoms with van der Waals surface area (Å²) >= 11 is 1.51. The smallest absolute Gasteiger partial charge is 0.330 e. The normalized spacial score (nSPS) is 20.2. The first-order valence-electron chi connectivity index (χ1n) is 7.73. The molecule has 1 aromatic carbocycles. The summed E-state index contributed by atoms with van der Waals surface area (Å²) in [6, 6.07) is 10.8. The first kappa shape index (κ1) is 16.6. The topological polar surface area (TPSA) is 59.8 Å². The molecule has 0 N–H and O–H groups in total. The van der Waals surface area contributed by atoms with Crippen LogP contribution >= 0.6 is 11.8 Å². The Morgan fingerprint density at radius 3 is 2.75 bits per heavy atom. The quantitative estimate of drug-likeness (QED) is 0.796. The van der Waals surface area contributed by atoms with Crippen LogP contribution in [0.2, 0.25) is 0 Å². The maximum atomic E-state index is 12.5. The van der Waals surface area contributed by atoms with E-state index in [0.29, 0.717) is 11.5 Å². The molecule has 1 aromatic heterocycles. The van der Waals surface area contributed by atoms with Crippen molar-refractivity contribution in [2.45, 2.75) is 31.9 Å². The number of rotatable bonds is 4. The molecule has 1 aliphatic rings. The zero-order chi connectivity index (χ0) is 17.1. The molecule has 1 amide bonds. The maximum Gasteiger partial charge on any atom is 0.330 e. The number of carbonyl (C=O) groups excluding carboxylic acids is 2. The standard InChI is InChI=1S/C18H19NO4S/c1-12-6-3-4-7-14(12)10-23-18(21)15-11-24-17(19(15)13(2)20)16-8-5-9-22-16/h3-9,15,17H,10-11H2,1-2H3/t15-,17-/m1/s1. The number of furan rings is 1. The van der Waals surface area contributed by atoms with Gasteiger partial charge in [0.15, 0.2) is 0 Å². The van der Waals surface area contributed by atoms with E-state index in [1.165, 1.54) is 18.7 Å². The highest BCUT2D eigenvalue weighted by atomic mass is 32.2. The third-order valence-corrected chi connectivity index (χ3v) is 5.34. The molecule has 6 heteroatoms. The van der Waals surface area contributed by atoms with Crippen molar-refractivity contribution in [3.8, 4) is 0 Å². The summed E-state index contributed by atoms with van der Waals surface area (Å²) in [6.07, 6.45) is 1.57. The molecule has 0 aliphatic carbocycles. The van der Waals surface area contributed by atoms with Crippen molar-refractivity contribution in [1.82, 2.24) is 4.90 Å². The Balaban J connectivity index is 1.70. The van der Waals surface area contributed by atoms with Crippen molar-refractivity contribution < 1.29 is 18.7 Å². The average Bonchev–Trinajstić information content (AvgIpc) is 3.22. The lowest BCUT2D eigenvalue weighted by Gasteiger charge is -2.25. The third kappa shape index (κ3) is 3.33. The van der Waals surface area contributed by atoms with Crippen molar-refractivity contribution in [2.24, 2.45) is 0 Å². The summed E-state index contributed by atoms with van der Waals surface area (Å²) < 4.78 is 10.9. The van der Waals surface area contributed by atoms with Gasteiger partial charge in [0.2, 0.25) is 5.91 Å². The Hall–Kier alpha value is -2.21. The Kier molecular flexibility index (Phi) is 4.94. The van der Waals surface area contributed by atoms with E-state index in [1.54, 1.807) is 17.2 Å². The van der Waals surface area contributed by atoms with Crippen LogP contribution in [0.15, 0.2) is 47.1 Å². The maximum absolute atomic E-state index is 12.5. The fourth-order valence-corrected chi connectivity index (χ4v) is 4.16. The molecule has 1 fully saturated rings. The fraction of sp³-hybridized carbons (Fsp3) is 0.333. The fourth-order valence-electron chi connectivity index (χ4n) is 2.74. The van der Waals surface area contributed by atoms with Crippen LogP contribution in [0.4, 0.5) is 0 Å². The average molecular weight is 345 g/mol. The first-order chi connectivity index (χ1) is 11.6. The monoisotopic (exact) mass is 345 g/mol. The lowest BCUT2D eigenvalue weighted by molar-refractivity contribution is -0.154. The number of amides is 1. The second-order valence-electron chi connectivity index (χ2n) is 5.68. The van der Waals surface area contributed by atoms with Gasteiger partial charge in [0.1, 0.15) is 23.8 Å². The van der Waals surface area contributed by atoms with Crippen molar-refractivity contribution in [3.05, 3.63) is 59.5 Å². The molecule has 2 aromatic rings. The summed E-state index contributed by atoms with van der Waals surface area (Å²) in [5.74, 6) is 0.621. The van der Waals surface area contributed by atoms with Crippen LogP contribution in [-0.2, 0) is 20.9 Å². The van der Waals surface area contributed by atoms with Crippen LogP contribution in [0.25, 0.3) is 0 Å². The van der Waals surface area contributed by atoms with Gasteiger partial charge in [-0.1, -0.05) is 24.3 Å². The summed E-state index contributed by atoms with van der Waals surface area (Å²) in [4.78, 5) is 26.1. The zero-order valence-corrected chi connectivity index (χ0v) is 14.4. The van der Waals surface area contributed by atoms with E-state index in [9.17, 15) is 9.59 Å². The van der Waals surface area contributed by atoms with Crippen molar-refractivity contribution in [1.29, 1.82) is 0 Å². The molecule has 24 heavy (non-hydrogen) atoms. The van der Waals surface area contributed by atoms with Crippen LogP contribution in [0.3, 0.4) is 0 Å². The lowest BCUT2D eigenvalue weighted by atomic mass is 10.1. The molecule has 0 spiro atoms. The summed E-state index contributed by atoms with van der Waals surface area (Å²) in [5.41, 5.74) is 2.04. The molecular weight excluding hydrogens is 326 g/mol. The zero-order valence-electron chi connectivity index (χ0n) is 13.6. The highest BCUT2D eigenvalue weighted by Gasteiger charge is 2.43. The Labute approximate surface area is 145 Å². The molecule has 0 saturated carbocycles. The minimum Gasteiger partial charge on any atom is -0.466 e. The molecule has 0 radical (unpaired) electrons. The van der Waals surface area contributed by atoms with Crippen molar-refractivity contribution in [2.75, 3.05) is 5.75 Å². The number of carbonyl (C=O) groups is 2. The molecule has 5 nitrogen and oxygen atoms in total. The number of ether oxygens (including phenoxy) is 1. The van der Waals surface area contributed by atoms with Gasteiger partial charge >= 0.3 is 5.97 Å². The lowest BCUT2D eigenvalue weighted by Crippen LogP contribution is -2.42. The van der Waals surface area contributed by atoms with Gasteiger partial charge in [-0.05, 0) is 30.2 Å². The van der Waals surface area contributed by atoms with E-state index in [0.717, 1.165) is 11.1 Å². The van der Waals surface area contributed by atoms with Gasteiger partial charge in [-0.3, -0.25) is 4.79 Å². The number of aryl methyl sites for hydroxylation is 1. The van der Waals surface area contributed by atoms with Gasteiger partial charge in [0.25, 0.3) is 0 Å². The predicted molar refractivity (Wildman–Crippen MR) is 91.2 cm³/mol. The molecule has 0 bridgehead atoms. The summed E-state index contributed by atoms with van der Waals surface area (Å²) in [6.45, 7) is 3.65. The van der Waals surface area contributed by atoms with Gasteiger partial charge in [-0.2, -0.15) is 0 Å². The first-order valence-corrected chi connectivity index (χ1v) is 8.78. The minimum absolute atomic E-state index is 0.167. The van der Waals surface area contributed by atoms with E-state index < -0.39 is 6.04 Å². The molecule has 3 rings (SSSR count). The van der Waals surface area contributed by atoms with Gasteiger partial charge in [-0.25, -0.2) is 4.79 Å². The second kappa shape index (κ2) is 7.13. The van der Waals surface area contributed by atoms with Crippen LogP contribution in [0.5, 0.6) is 0 Å². The van der Waals surface area contributed by atoms with Gasteiger partial charge < -0.3 is 14.1 Å². The highest BCUT2D eigenvalue weighted by Crippen LogP contribution is 2.41. The highest BCUT2D eigenvalue weighted by molar-refractivity contribution is 7.99. The van der Waals surface area contributed by atoms with Gasteiger partial charge in [-0.15, -0.1) is 11.8 Å². The van der Waals surface area contributed by atoms with E-state index in [1.807, 2.05) is 37.3 Å². The molecule has 2 heterocycles. The van der Waals surface area contributed by atoms with E-state index in [4.69, 9.17) is 9.15 Å². The van der Waals surface area contributed by atoms with Crippen LogP contribution in [-0.4, -0.2) is 28.6 Å². The Bertz CT molecular complexity index is 728. The number of benzene rings is 1. The van der Waals surface area contributed by atoms with Gasteiger partial charge in [0, 0.05) is 12.7 Å². The predicted octanol–water partition coefficient (Wildman–Crippen LogP) is 3.29. The SMILES string of the molecule is CC(=O)N1[C@@H](C(=O)OCc2ccccc2C)CS[C@@H]1c1ccco1. The molecule has 1 saturated heterocycles. The van der Waals surface area contributed by atoms with Crippen LogP contribution in [0.1, 0.15) is 29.2 Å². The number of hydrogen-bond donors (Lipinski definition) is 0. The number of nitrogens with zero attached hydrogens (tertiary/aromatic N) is 1. The molecule has 2 atom stereocenters. The van der Waals surface area contributed by atoms with Gasteiger partial charge in [0.05, 0.1) is 6.26 Å². The third-order valence-electron chi connectivity index (χ3n) is 4.05. The van der Waals surface area contributed by atoms with Crippen LogP contribution < -0.4 is 0 Å². The second-order valence-corrected chi connectivity index (χ2v) is 6.79. The largest absolute Gasteiger partial charge is 0.466 e. The van der Waals surface area contributed by atoms with E-state index >= 15 is 0 Å². The molecule has 0 unspecified atom stereocenters. The molecule has 126 valence electrons. The number of esters is 1.